The molecule has 0 saturated heterocycles. The van der Waals surface area contributed by atoms with E-state index in [1.54, 1.807) is 30.3 Å². The molecule has 9 heteroatoms. The van der Waals surface area contributed by atoms with Gasteiger partial charge in [-0.05, 0) is 124 Å². The number of alkyl halides is 3. The molecule has 0 bridgehead atoms. The van der Waals surface area contributed by atoms with Gasteiger partial charge in [-0.3, -0.25) is 0 Å². The van der Waals surface area contributed by atoms with Crippen LogP contribution in [0.4, 0.5) is 24.5 Å². The molecule has 0 amide bonds. The molecule has 11 rings (SSSR count). The largest absolute Gasteiger partial charge is 0.415 e. The highest BCUT2D eigenvalue weighted by Gasteiger charge is 2.31. The number of fused-ring (bicyclic) bond motifs is 6. The Hall–Kier alpha value is -9.67. The van der Waals surface area contributed by atoms with Gasteiger partial charge in [0.1, 0.15) is 0 Å². The first-order chi connectivity index (χ1) is 33.1. The maximum Gasteiger partial charge on any atom is 0.415 e. The lowest BCUT2D eigenvalue weighted by molar-refractivity contribution is -0.137. The van der Waals surface area contributed by atoms with E-state index in [2.05, 4.69) is 67.4 Å². The van der Waals surface area contributed by atoms with Crippen LogP contribution in [0.2, 0.25) is 0 Å². The van der Waals surface area contributed by atoms with Crippen molar-refractivity contribution in [3.63, 3.8) is 0 Å². The first kappa shape index (κ1) is 41.1. The summed E-state index contributed by atoms with van der Waals surface area (Å²) >= 11 is 0. The van der Waals surface area contributed by atoms with Crippen LogP contribution in [0.1, 0.15) is 16.7 Å². The number of rotatable bonds is 6. The normalized spacial score (nSPS) is 11.4. The summed E-state index contributed by atoms with van der Waals surface area (Å²) < 4.78 is 46.7. The first-order valence-electron chi connectivity index (χ1n) is 21.5. The Morgan fingerprint density at radius 2 is 0.971 bits per heavy atom. The Kier molecular flexibility index (Phi) is 9.72. The molecule has 0 aliphatic heterocycles. The van der Waals surface area contributed by atoms with Crippen molar-refractivity contribution in [1.29, 1.82) is 10.5 Å². The number of nitriles is 2. The molecule has 0 aliphatic rings. The van der Waals surface area contributed by atoms with Gasteiger partial charge >= 0.3 is 6.18 Å². The van der Waals surface area contributed by atoms with E-state index in [0.717, 1.165) is 83.7 Å². The predicted octanol–water partition coefficient (Wildman–Crippen LogP) is 16.4. The minimum absolute atomic E-state index is 0.159. The first-order valence-corrected chi connectivity index (χ1v) is 21.5. The van der Waals surface area contributed by atoms with Gasteiger partial charge in [0.15, 0.2) is 11.4 Å². The number of hydrogen-bond acceptors (Lipinski definition) is 2. The Bertz CT molecular complexity index is 4050. The topological polar surface area (TPSA) is 66.2 Å². The van der Waals surface area contributed by atoms with Crippen LogP contribution in [-0.2, 0) is 6.18 Å². The molecule has 9 aromatic carbocycles. The van der Waals surface area contributed by atoms with Crippen molar-refractivity contribution in [2.24, 2.45) is 0 Å². The fourth-order valence-corrected chi connectivity index (χ4v) is 9.48. The number of halogens is 3. The van der Waals surface area contributed by atoms with Crippen molar-refractivity contribution in [3.05, 3.63) is 228 Å². The van der Waals surface area contributed by atoms with Crippen molar-refractivity contribution < 1.29 is 13.2 Å². The average molecular weight is 881 g/mol. The molecule has 0 atom stereocenters. The second kappa shape index (κ2) is 16.1. The lowest BCUT2D eigenvalue weighted by atomic mass is 9.90. The highest BCUT2D eigenvalue weighted by Crippen LogP contribution is 2.46. The number of nitrogens with zero attached hydrogens (tertiary/aromatic N) is 6. The van der Waals surface area contributed by atoms with E-state index in [9.17, 15) is 23.7 Å². The van der Waals surface area contributed by atoms with E-state index in [0.29, 0.717) is 44.8 Å². The lowest BCUT2D eigenvalue weighted by Crippen LogP contribution is -2.04. The zero-order chi connectivity index (χ0) is 46.7. The molecule has 68 heavy (non-hydrogen) atoms. The van der Waals surface area contributed by atoms with Gasteiger partial charge in [-0.2, -0.15) is 23.7 Å². The van der Waals surface area contributed by atoms with Gasteiger partial charge in [0.25, 0.3) is 0 Å². The monoisotopic (exact) mass is 880 g/mol. The maximum absolute atomic E-state index is 14.1. The van der Waals surface area contributed by atoms with Crippen LogP contribution in [0, 0.1) is 35.8 Å². The second-order valence-corrected chi connectivity index (χ2v) is 16.4. The van der Waals surface area contributed by atoms with E-state index < -0.39 is 11.7 Å². The summed E-state index contributed by atoms with van der Waals surface area (Å²) in [7, 11) is 0. The Labute approximate surface area is 388 Å². The highest BCUT2D eigenvalue weighted by molar-refractivity contribution is 6.12. The summed E-state index contributed by atoms with van der Waals surface area (Å²) in [5.74, 6) is 0. The minimum atomic E-state index is -4.66. The van der Waals surface area contributed by atoms with Crippen molar-refractivity contribution in [2.75, 3.05) is 0 Å². The third-order valence-electron chi connectivity index (χ3n) is 12.7. The van der Waals surface area contributed by atoms with Gasteiger partial charge in [0.2, 0.25) is 0 Å². The zero-order valence-electron chi connectivity index (χ0n) is 35.7. The molecule has 0 aliphatic carbocycles. The third-order valence-corrected chi connectivity index (χ3v) is 12.7. The van der Waals surface area contributed by atoms with Crippen LogP contribution < -0.4 is 0 Å². The molecule has 0 fully saturated rings. The van der Waals surface area contributed by atoms with Crippen molar-refractivity contribution in [3.8, 4) is 68.0 Å². The smallest absolute Gasteiger partial charge is 0.309 e. The number of benzene rings is 9. The molecule has 0 saturated carbocycles. The van der Waals surface area contributed by atoms with Crippen LogP contribution in [0.15, 0.2) is 188 Å². The summed E-state index contributed by atoms with van der Waals surface area (Å²) in [5, 5.41) is 23.8. The van der Waals surface area contributed by atoms with Crippen LogP contribution >= 0.6 is 0 Å². The molecule has 11 aromatic rings. The predicted molar refractivity (Wildman–Crippen MR) is 264 cm³/mol. The van der Waals surface area contributed by atoms with E-state index in [1.807, 2.05) is 103 Å². The summed E-state index contributed by atoms with van der Waals surface area (Å²) in [6.45, 7) is 15.5. The number of aromatic nitrogens is 2. The summed E-state index contributed by atoms with van der Waals surface area (Å²) in [4.78, 5) is 7.19. The Morgan fingerprint density at radius 3 is 1.57 bits per heavy atom. The summed E-state index contributed by atoms with van der Waals surface area (Å²) in [5.41, 5.74) is 11.4. The Morgan fingerprint density at radius 1 is 0.426 bits per heavy atom. The highest BCUT2D eigenvalue weighted by atomic mass is 19.4. The molecule has 2 aromatic heterocycles. The van der Waals surface area contributed by atoms with E-state index in [-0.39, 0.29) is 5.69 Å². The van der Waals surface area contributed by atoms with E-state index in [1.165, 1.54) is 6.07 Å². The summed E-state index contributed by atoms with van der Waals surface area (Å²) in [6.07, 6.45) is -4.66. The molecule has 0 radical (unpaired) electrons. The van der Waals surface area contributed by atoms with Gasteiger partial charge in [0, 0.05) is 38.4 Å². The van der Waals surface area contributed by atoms with Gasteiger partial charge in [-0.25, -0.2) is 9.69 Å². The molecule has 318 valence electrons. The van der Waals surface area contributed by atoms with Crippen LogP contribution in [-0.4, -0.2) is 9.13 Å². The summed E-state index contributed by atoms with van der Waals surface area (Å²) in [6, 6.07) is 62.6. The maximum atomic E-state index is 14.1. The molecule has 0 N–H and O–H groups in total. The van der Waals surface area contributed by atoms with Gasteiger partial charge < -0.3 is 9.13 Å². The Balaban J connectivity index is 1.19. The standard InChI is InChI=1S/C59H31F3N6/c1-65-43-21-16-39(17-22-43)41-18-27-56-51(30-41)47-7-3-5-9-54(47)67(56)44-23-25-45(46-24-20-42(59(60,61)62)32-53(46)66-2)49(33-44)50-29-37(35-64)13-26-57(50)68-55-10-6-4-8-48(55)52-31-40(19-28-58(52)68)38-14-11-36(34-63)12-15-38/h3-33H. The van der Waals surface area contributed by atoms with E-state index >= 15 is 0 Å². The van der Waals surface area contributed by atoms with Crippen molar-refractivity contribution >= 4 is 55.0 Å². The minimum Gasteiger partial charge on any atom is -0.309 e. The fraction of sp³-hybridized carbons (Fsp3) is 0.0169. The molecular formula is C59H31F3N6. The quantitative estimate of drug-likeness (QED) is 0.156. The second-order valence-electron chi connectivity index (χ2n) is 16.4. The van der Waals surface area contributed by atoms with E-state index in [4.69, 9.17) is 13.1 Å². The number of para-hydroxylation sites is 2. The van der Waals surface area contributed by atoms with Gasteiger partial charge in [-0.1, -0.05) is 103 Å². The van der Waals surface area contributed by atoms with Crippen molar-refractivity contribution in [2.45, 2.75) is 6.18 Å². The molecule has 6 nitrogen and oxygen atoms in total. The fourth-order valence-electron chi connectivity index (χ4n) is 9.48. The molecule has 0 unspecified atom stereocenters. The molecule has 0 spiro atoms. The van der Waals surface area contributed by atoms with Crippen molar-refractivity contribution in [1.82, 2.24) is 9.13 Å². The van der Waals surface area contributed by atoms with Gasteiger partial charge in [-0.15, -0.1) is 0 Å². The lowest BCUT2D eigenvalue weighted by Gasteiger charge is -2.20. The molecule has 2 heterocycles. The average Bonchev–Trinajstić information content (AvgIpc) is 3.90. The number of hydrogen-bond donors (Lipinski definition) is 0. The SMILES string of the molecule is [C-]#[N+]c1ccc(-c2ccc3c(c2)c2ccccc2n3-c2ccc(-c3ccc(C(F)(F)F)cc3[N+]#[C-])c(-c3cc(C#N)ccc3-n3c4ccccc4c4cc(-c5ccc(C#N)cc5)ccc43)c2)cc1. The van der Waals surface area contributed by atoms with Gasteiger partial charge in [0.05, 0.1) is 64.2 Å². The third kappa shape index (κ3) is 6.79. The van der Waals surface area contributed by atoms with Crippen LogP contribution in [0.5, 0.6) is 0 Å². The zero-order valence-corrected chi connectivity index (χ0v) is 35.7. The van der Waals surface area contributed by atoms with Crippen LogP contribution in [0.3, 0.4) is 0 Å². The molecular weight excluding hydrogens is 850 g/mol. The van der Waals surface area contributed by atoms with Crippen LogP contribution in [0.25, 0.3) is 109 Å².